The third-order valence-corrected chi connectivity index (χ3v) is 4.26. The van der Waals surface area contributed by atoms with Crippen LogP contribution < -0.4 is 5.73 Å². The smallest absolute Gasteiger partial charge is 0.236 e. The van der Waals surface area contributed by atoms with Gasteiger partial charge in [-0.15, -0.1) is 0 Å². The summed E-state index contributed by atoms with van der Waals surface area (Å²) in [6, 6.07) is 10.6. The monoisotopic (exact) mass is 289 g/mol. The van der Waals surface area contributed by atoms with Crippen LogP contribution in [0.15, 0.2) is 30.3 Å². The van der Waals surface area contributed by atoms with Crippen molar-refractivity contribution in [2.45, 2.75) is 26.3 Å². The van der Waals surface area contributed by atoms with Gasteiger partial charge in [0.05, 0.1) is 6.54 Å². The van der Waals surface area contributed by atoms with Crippen LogP contribution in [0.25, 0.3) is 0 Å². The molecule has 1 aliphatic rings. The van der Waals surface area contributed by atoms with Crippen molar-refractivity contribution >= 4 is 5.91 Å². The van der Waals surface area contributed by atoms with E-state index in [9.17, 15) is 4.79 Å². The molecule has 116 valence electrons. The molecule has 1 aromatic carbocycles. The van der Waals surface area contributed by atoms with Gasteiger partial charge >= 0.3 is 0 Å². The van der Waals surface area contributed by atoms with Crippen molar-refractivity contribution in [2.75, 3.05) is 32.7 Å². The fourth-order valence-corrected chi connectivity index (χ4v) is 3.08. The number of benzene rings is 1. The molecule has 0 unspecified atom stereocenters. The molecule has 21 heavy (non-hydrogen) atoms. The summed E-state index contributed by atoms with van der Waals surface area (Å²) in [5, 5.41) is 0. The summed E-state index contributed by atoms with van der Waals surface area (Å²) >= 11 is 0. The number of carbonyl (C=O) groups is 1. The lowest BCUT2D eigenvalue weighted by Crippen LogP contribution is -2.45. The maximum Gasteiger partial charge on any atom is 0.236 e. The average Bonchev–Trinajstić information content (AvgIpc) is 2.54. The Balaban J connectivity index is 1.87. The molecule has 1 aromatic rings. The summed E-state index contributed by atoms with van der Waals surface area (Å²) in [5.74, 6) is 0.656. The van der Waals surface area contributed by atoms with E-state index in [4.69, 9.17) is 5.73 Å². The molecular formula is C17H27N3O. The fourth-order valence-electron chi connectivity index (χ4n) is 3.08. The summed E-state index contributed by atoms with van der Waals surface area (Å²) < 4.78 is 0. The zero-order valence-electron chi connectivity index (χ0n) is 13.0. The zero-order chi connectivity index (χ0) is 15.1. The van der Waals surface area contributed by atoms with Crippen molar-refractivity contribution in [3.8, 4) is 0 Å². The van der Waals surface area contributed by atoms with E-state index < -0.39 is 0 Å². The molecular weight excluding hydrogens is 262 g/mol. The first-order valence-corrected chi connectivity index (χ1v) is 7.97. The van der Waals surface area contributed by atoms with Crippen molar-refractivity contribution in [3.63, 3.8) is 0 Å². The Morgan fingerprint density at radius 3 is 2.81 bits per heavy atom. The highest BCUT2D eigenvalue weighted by Crippen LogP contribution is 2.18. The number of nitrogens with zero attached hydrogens (tertiary/aromatic N) is 2. The van der Waals surface area contributed by atoms with Gasteiger partial charge < -0.3 is 10.6 Å². The maximum absolute atomic E-state index is 11.7. The second-order valence-electron chi connectivity index (χ2n) is 5.87. The van der Waals surface area contributed by atoms with E-state index in [1.807, 2.05) is 4.90 Å². The molecule has 1 fully saturated rings. The number of hydrogen-bond acceptors (Lipinski definition) is 3. The maximum atomic E-state index is 11.7. The number of rotatable bonds is 6. The lowest BCUT2D eigenvalue weighted by molar-refractivity contribution is -0.131. The molecule has 1 amide bonds. The Bertz CT molecular complexity index is 435. The van der Waals surface area contributed by atoms with E-state index in [1.165, 1.54) is 12.0 Å². The first kappa shape index (κ1) is 16.0. The van der Waals surface area contributed by atoms with Gasteiger partial charge in [0.2, 0.25) is 5.91 Å². The first-order valence-electron chi connectivity index (χ1n) is 7.97. The molecule has 0 spiro atoms. The minimum absolute atomic E-state index is 0.0887. The van der Waals surface area contributed by atoms with Gasteiger partial charge in [0.1, 0.15) is 0 Å². The number of likely N-dealkylation sites (tertiary alicyclic amines) is 1. The second-order valence-corrected chi connectivity index (χ2v) is 5.87. The van der Waals surface area contributed by atoms with E-state index >= 15 is 0 Å². The minimum atomic E-state index is 0.0887. The number of amides is 1. The van der Waals surface area contributed by atoms with E-state index in [-0.39, 0.29) is 12.5 Å². The molecule has 1 saturated heterocycles. The van der Waals surface area contributed by atoms with Crippen LogP contribution in [-0.2, 0) is 11.3 Å². The highest BCUT2D eigenvalue weighted by Gasteiger charge is 2.24. The Morgan fingerprint density at radius 1 is 1.38 bits per heavy atom. The van der Waals surface area contributed by atoms with E-state index in [0.29, 0.717) is 5.92 Å². The average molecular weight is 289 g/mol. The number of nitrogens with two attached hydrogens (primary N) is 1. The Hall–Kier alpha value is -1.39. The fraction of sp³-hybridized carbons (Fsp3) is 0.588. The van der Waals surface area contributed by atoms with Gasteiger partial charge in [-0.1, -0.05) is 37.3 Å². The molecule has 1 aliphatic heterocycles. The van der Waals surface area contributed by atoms with E-state index in [2.05, 4.69) is 42.2 Å². The summed E-state index contributed by atoms with van der Waals surface area (Å²) in [7, 11) is 0. The molecule has 0 aromatic heterocycles. The molecule has 0 bridgehead atoms. The van der Waals surface area contributed by atoms with Crippen LogP contribution in [0.3, 0.4) is 0 Å². The number of hydrogen-bond donors (Lipinski definition) is 1. The molecule has 0 radical (unpaired) electrons. The van der Waals surface area contributed by atoms with Crippen LogP contribution in [0.4, 0.5) is 0 Å². The molecule has 4 heteroatoms. The normalized spacial score (nSPS) is 19.0. The van der Waals surface area contributed by atoms with Crippen LogP contribution in [-0.4, -0.2) is 48.4 Å². The van der Waals surface area contributed by atoms with Crippen molar-refractivity contribution in [1.82, 2.24) is 9.80 Å². The Kier molecular flexibility index (Phi) is 6.21. The highest BCUT2D eigenvalue weighted by atomic mass is 16.2. The van der Waals surface area contributed by atoms with Crippen LogP contribution in [0.5, 0.6) is 0 Å². The standard InChI is InChI=1S/C17H27N3O/c1-2-19(12-15-7-4-3-5-8-15)13-16-9-6-10-20(14-16)17(21)11-18/h3-5,7-8,16H,2,6,9-14,18H2,1H3/t16-/m0/s1. The Morgan fingerprint density at radius 2 is 2.14 bits per heavy atom. The highest BCUT2D eigenvalue weighted by molar-refractivity contribution is 5.78. The summed E-state index contributed by atoms with van der Waals surface area (Å²) in [6.45, 7) is 7.15. The number of carbonyl (C=O) groups excluding carboxylic acids is 1. The minimum Gasteiger partial charge on any atom is -0.341 e. The predicted molar refractivity (Wildman–Crippen MR) is 85.8 cm³/mol. The topological polar surface area (TPSA) is 49.6 Å². The van der Waals surface area contributed by atoms with Gasteiger partial charge in [-0.3, -0.25) is 9.69 Å². The second kappa shape index (κ2) is 8.15. The summed E-state index contributed by atoms with van der Waals surface area (Å²) in [5.41, 5.74) is 6.83. The van der Waals surface area contributed by atoms with Crippen LogP contribution in [0.2, 0.25) is 0 Å². The van der Waals surface area contributed by atoms with Gasteiger partial charge in [0, 0.05) is 26.2 Å². The van der Waals surface area contributed by atoms with Gasteiger partial charge in [0.25, 0.3) is 0 Å². The predicted octanol–water partition coefficient (Wildman–Crippen LogP) is 1.71. The molecule has 1 atom stereocenters. The van der Waals surface area contributed by atoms with E-state index in [1.54, 1.807) is 0 Å². The van der Waals surface area contributed by atoms with Crippen molar-refractivity contribution in [3.05, 3.63) is 35.9 Å². The Labute approximate surface area is 127 Å². The molecule has 0 aliphatic carbocycles. The molecule has 4 nitrogen and oxygen atoms in total. The number of piperidine rings is 1. The van der Waals surface area contributed by atoms with Crippen molar-refractivity contribution in [1.29, 1.82) is 0 Å². The molecule has 2 N–H and O–H groups in total. The quantitative estimate of drug-likeness (QED) is 0.867. The first-order chi connectivity index (χ1) is 10.2. The lowest BCUT2D eigenvalue weighted by Gasteiger charge is -2.35. The zero-order valence-corrected chi connectivity index (χ0v) is 13.0. The van der Waals surface area contributed by atoms with Crippen LogP contribution in [0.1, 0.15) is 25.3 Å². The van der Waals surface area contributed by atoms with Crippen molar-refractivity contribution in [2.24, 2.45) is 11.7 Å². The molecule has 2 rings (SSSR count). The van der Waals surface area contributed by atoms with Gasteiger partial charge in [-0.25, -0.2) is 0 Å². The molecule has 0 saturated carbocycles. The third-order valence-electron chi connectivity index (χ3n) is 4.26. The van der Waals surface area contributed by atoms with Gasteiger partial charge in [-0.2, -0.15) is 0 Å². The summed E-state index contributed by atoms with van der Waals surface area (Å²) in [6.07, 6.45) is 2.30. The SMILES string of the molecule is CCN(Cc1ccccc1)C[C@@H]1CCCN(C(=O)CN)C1. The van der Waals surface area contributed by atoms with Gasteiger partial charge in [0.15, 0.2) is 0 Å². The summed E-state index contributed by atoms with van der Waals surface area (Å²) in [4.78, 5) is 16.1. The molecule has 1 heterocycles. The lowest BCUT2D eigenvalue weighted by atomic mass is 9.97. The van der Waals surface area contributed by atoms with Crippen LogP contribution >= 0.6 is 0 Å². The van der Waals surface area contributed by atoms with E-state index in [0.717, 1.165) is 39.1 Å². The largest absolute Gasteiger partial charge is 0.341 e. The van der Waals surface area contributed by atoms with Crippen molar-refractivity contribution < 1.29 is 4.79 Å². The third kappa shape index (κ3) is 4.83. The van der Waals surface area contributed by atoms with Crippen LogP contribution in [0, 0.1) is 5.92 Å². The van der Waals surface area contributed by atoms with Gasteiger partial charge in [-0.05, 0) is 30.9 Å².